The largest absolute Gasteiger partial charge is 0.343 e. The number of thioether (sulfide) groups is 2. The molecular weight excluding hydrogens is 705 g/mol. The molecule has 0 atom stereocenters. The van der Waals surface area contributed by atoms with Gasteiger partial charge in [0.1, 0.15) is 8.64 Å². The van der Waals surface area contributed by atoms with Crippen molar-refractivity contribution in [3.63, 3.8) is 0 Å². The van der Waals surface area contributed by atoms with E-state index in [1.807, 2.05) is 21.9 Å². The number of nitrogens with zero attached hydrogens (tertiary/aromatic N) is 4. The number of hydrogen-bond donors (Lipinski definition) is 0. The van der Waals surface area contributed by atoms with Crippen LogP contribution in [0, 0.1) is 11.8 Å². The predicted molar refractivity (Wildman–Crippen MR) is 208 cm³/mol. The zero-order valence-electron chi connectivity index (χ0n) is 28.3. The molecule has 4 aliphatic rings. The van der Waals surface area contributed by atoms with E-state index in [1.165, 1.54) is 20.9 Å². The van der Waals surface area contributed by atoms with E-state index in [4.69, 9.17) is 24.4 Å². The second-order valence-corrected chi connectivity index (χ2v) is 16.8. The molecule has 12 heteroatoms. The molecule has 0 aliphatic carbocycles. The molecule has 4 fully saturated rings. The second kappa shape index (κ2) is 17.4. The van der Waals surface area contributed by atoms with Crippen LogP contribution in [0.1, 0.15) is 62.5 Å². The summed E-state index contributed by atoms with van der Waals surface area (Å²) in [5.74, 6) is 0.790. The Kier molecular flexibility index (Phi) is 12.8. The van der Waals surface area contributed by atoms with Gasteiger partial charge in [0.25, 0.3) is 11.8 Å². The molecule has 2 aromatic rings. The van der Waals surface area contributed by atoms with Crippen LogP contribution < -0.4 is 0 Å². The Morgan fingerprint density at radius 2 is 0.960 bits per heavy atom. The minimum Gasteiger partial charge on any atom is -0.343 e. The molecule has 264 valence electrons. The quantitative estimate of drug-likeness (QED) is 0.181. The summed E-state index contributed by atoms with van der Waals surface area (Å²) in [5, 5.41) is 0. The van der Waals surface area contributed by atoms with Gasteiger partial charge in [-0.1, -0.05) is 109 Å². The maximum Gasteiger partial charge on any atom is 0.267 e. The lowest BCUT2D eigenvalue weighted by atomic mass is 9.90. The van der Waals surface area contributed by atoms with Crippen molar-refractivity contribution in [1.29, 1.82) is 0 Å². The van der Waals surface area contributed by atoms with Crippen LogP contribution in [0.15, 0.2) is 70.5 Å². The molecular formula is C38H44N4O4S4. The van der Waals surface area contributed by atoms with Crippen LogP contribution >= 0.6 is 48.0 Å². The van der Waals surface area contributed by atoms with Crippen molar-refractivity contribution in [1.82, 2.24) is 19.6 Å². The van der Waals surface area contributed by atoms with Crippen molar-refractivity contribution in [2.75, 3.05) is 39.3 Å². The second-order valence-electron chi connectivity index (χ2n) is 13.5. The third-order valence-electron chi connectivity index (χ3n) is 10.1. The molecule has 8 nitrogen and oxygen atoms in total. The first kappa shape index (κ1) is 36.7. The smallest absolute Gasteiger partial charge is 0.267 e. The zero-order valence-corrected chi connectivity index (χ0v) is 31.6. The molecule has 0 saturated carbocycles. The topological polar surface area (TPSA) is 81.2 Å². The first-order valence-corrected chi connectivity index (χ1v) is 20.2. The van der Waals surface area contributed by atoms with E-state index in [-0.39, 0.29) is 23.6 Å². The molecule has 0 radical (unpaired) electrons. The molecule has 2 aromatic carbocycles. The molecule has 4 heterocycles. The van der Waals surface area contributed by atoms with Crippen LogP contribution in [-0.4, -0.2) is 91.1 Å². The Balaban J connectivity index is 0.913. The Bertz CT molecular complexity index is 1500. The van der Waals surface area contributed by atoms with Crippen LogP contribution in [0.3, 0.4) is 0 Å². The third-order valence-corrected chi connectivity index (χ3v) is 13.1. The molecule has 0 aromatic heterocycles. The number of likely N-dealkylation sites (tertiary alicyclic amines) is 2. The van der Waals surface area contributed by atoms with Crippen molar-refractivity contribution in [3.05, 3.63) is 81.6 Å². The number of benzene rings is 2. The number of thiocarbonyl (C=S) groups is 2. The van der Waals surface area contributed by atoms with E-state index in [1.54, 1.807) is 0 Å². The Hall–Kier alpha value is -3.06. The van der Waals surface area contributed by atoms with Gasteiger partial charge in [0.15, 0.2) is 0 Å². The normalized spacial score (nSPS) is 20.8. The lowest BCUT2D eigenvalue weighted by Crippen LogP contribution is -2.39. The molecule has 6 rings (SSSR count). The third kappa shape index (κ3) is 9.23. The molecule has 0 bridgehead atoms. The maximum atomic E-state index is 13.4. The first-order chi connectivity index (χ1) is 24.3. The SMILES string of the molecule is O=C(CCCN1C(=O)C(=C2SC(=S)N(CCCC(=O)N3CCC(Cc4ccccc4)CC3)C2=O)SC1=S)N1CCC(Cc2ccccc2)CC1. The fourth-order valence-corrected chi connectivity index (χ4v) is 9.99. The number of carbonyl (C=O) groups is 4. The van der Waals surface area contributed by atoms with Crippen LogP contribution in [0.5, 0.6) is 0 Å². The minimum atomic E-state index is -0.305. The standard InChI is InChI=1S/C38H44N4O4S4/c43-31(39-21-15-29(16-22-39)25-27-9-3-1-4-10-27)13-7-19-41-35(45)33(49-37(41)47)34-36(46)42(38(48)50-34)20-8-14-32(44)40-23-17-30(18-24-40)26-28-11-5-2-6-12-28/h1-6,9-12,29-30H,7-8,13-26H2. The van der Waals surface area contributed by atoms with Crippen molar-refractivity contribution in [2.45, 2.75) is 64.2 Å². The summed E-state index contributed by atoms with van der Waals surface area (Å²) in [4.78, 5) is 60.3. The number of rotatable bonds is 12. The summed E-state index contributed by atoms with van der Waals surface area (Å²) < 4.78 is 0.783. The highest BCUT2D eigenvalue weighted by atomic mass is 32.2. The first-order valence-electron chi connectivity index (χ1n) is 17.7. The Labute approximate surface area is 314 Å². The van der Waals surface area contributed by atoms with Crippen molar-refractivity contribution < 1.29 is 19.2 Å². The number of amides is 4. The maximum absolute atomic E-state index is 13.4. The van der Waals surface area contributed by atoms with Gasteiger partial charge >= 0.3 is 0 Å². The van der Waals surface area contributed by atoms with Crippen LogP contribution in [0.2, 0.25) is 0 Å². The van der Waals surface area contributed by atoms with Crippen LogP contribution in [0.4, 0.5) is 0 Å². The van der Waals surface area contributed by atoms with Gasteiger partial charge in [0.2, 0.25) is 11.8 Å². The van der Waals surface area contributed by atoms with Gasteiger partial charge in [-0.15, -0.1) is 0 Å². The summed E-state index contributed by atoms with van der Waals surface area (Å²) >= 11 is 13.3. The van der Waals surface area contributed by atoms with E-state index in [0.717, 1.165) is 88.2 Å². The average Bonchev–Trinajstić information content (AvgIpc) is 3.57. The molecule has 0 N–H and O–H groups in total. The summed E-state index contributed by atoms with van der Waals surface area (Å²) in [6, 6.07) is 21.0. The molecule has 4 saturated heterocycles. The van der Waals surface area contributed by atoms with E-state index in [2.05, 4.69) is 48.5 Å². The molecule has 50 heavy (non-hydrogen) atoms. The van der Waals surface area contributed by atoms with Crippen molar-refractivity contribution >= 4 is 80.2 Å². The fraction of sp³-hybridized carbons (Fsp3) is 0.474. The molecule has 4 amide bonds. The van der Waals surface area contributed by atoms with Gasteiger partial charge in [0.05, 0.1) is 9.81 Å². The van der Waals surface area contributed by atoms with E-state index in [0.29, 0.717) is 69.1 Å². The summed E-state index contributed by atoms with van der Waals surface area (Å²) in [5.41, 5.74) is 2.69. The highest BCUT2D eigenvalue weighted by Crippen LogP contribution is 2.42. The number of piperidine rings is 2. The highest BCUT2D eigenvalue weighted by molar-refractivity contribution is 8.29. The minimum absolute atomic E-state index is 0.112. The van der Waals surface area contributed by atoms with Gasteiger partial charge in [-0.3, -0.25) is 29.0 Å². The Morgan fingerprint density at radius 1 is 0.600 bits per heavy atom. The van der Waals surface area contributed by atoms with Crippen molar-refractivity contribution in [2.24, 2.45) is 11.8 Å². The summed E-state index contributed by atoms with van der Waals surface area (Å²) in [6.45, 7) is 3.72. The monoisotopic (exact) mass is 748 g/mol. The number of hydrogen-bond acceptors (Lipinski definition) is 8. The molecule has 0 unspecified atom stereocenters. The lowest BCUT2D eigenvalue weighted by molar-refractivity contribution is -0.133. The van der Waals surface area contributed by atoms with E-state index >= 15 is 0 Å². The number of carbonyl (C=O) groups excluding carboxylic acids is 4. The summed E-state index contributed by atoms with van der Waals surface area (Å²) in [6.07, 6.45) is 7.79. The van der Waals surface area contributed by atoms with Crippen LogP contribution in [-0.2, 0) is 32.0 Å². The van der Waals surface area contributed by atoms with Gasteiger partial charge < -0.3 is 9.80 Å². The highest BCUT2D eigenvalue weighted by Gasteiger charge is 2.42. The van der Waals surface area contributed by atoms with Gasteiger partial charge in [-0.05, 0) is 74.3 Å². The van der Waals surface area contributed by atoms with Crippen LogP contribution in [0.25, 0.3) is 0 Å². The fourth-order valence-electron chi connectivity index (χ4n) is 7.22. The summed E-state index contributed by atoms with van der Waals surface area (Å²) in [7, 11) is 0. The van der Waals surface area contributed by atoms with Gasteiger partial charge in [0, 0.05) is 52.1 Å². The van der Waals surface area contributed by atoms with Gasteiger partial charge in [-0.25, -0.2) is 0 Å². The van der Waals surface area contributed by atoms with E-state index < -0.39 is 0 Å². The zero-order chi connectivity index (χ0) is 35.0. The molecule has 0 spiro atoms. The Morgan fingerprint density at radius 3 is 1.32 bits per heavy atom. The van der Waals surface area contributed by atoms with E-state index in [9.17, 15) is 19.2 Å². The average molecular weight is 749 g/mol. The van der Waals surface area contributed by atoms with Gasteiger partial charge in [-0.2, -0.15) is 0 Å². The lowest BCUT2D eigenvalue weighted by Gasteiger charge is -2.32. The predicted octanol–water partition coefficient (Wildman–Crippen LogP) is 6.44. The van der Waals surface area contributed by atoms with Crippen molar-refractivity contribution in [3.8, 4) is 0 Å². The molecule has 4 aliphatic heterocycles.